The zero-order chi connectivity index (χ0) is 17.1. The number of rotatable bonds is 5. The number of halogens is 2. The van der Waals surface area contributed by atoms with Crippen molar-refractivity contribution in [2.24, 2.45) is 0 Å². The second kappa shape index (κ2) is 6.79. The Hall–Kier alpha value is -2.74. The molecule has 0 aliphatic rings. The summed E-state index contributed by atoms with van der Waals surface area (Å²) in [6.07, 6.45) is 3.13. The van der Waals surface area contributed by atoms with E-state index in [0.717, 1.165) is 17.0 Å². The quantitative estimate of drug-likeness (QED) is 0.755. The van der Waals surface area contributed by atoms with E-state index in [4.69, 9.17) is 0 Å². The van der Waals surface area contributed by atoms with Crippen LogP contribution in [0.15, 0.2) is 48.8 Å². The van der Waals surface area contributed by atoms with E-state index in [-0.39, 0.29) is 10.6 Å². The number of anilines is 1. The highest BCUT2D eigenvalue weighted by Crippen LogP contribution is 2.31. The normalized spacial score (nSPS) is 10.8. The van der Waals surface area contributed by atoms with Crippen LogP contribution in [-0.4, -0.2) is 22.3 Å². The van der Waals surface area contributed by atoms with Crippen LogP contribution < -0.4 is 10.1 Å². The van der Waals surface area contributed by atoms with Crippen molar-refractivity contribution in [2.75, 3.05) is 5.32 Å². The monoisotopic (exact) mass is 349 g/mol. The third-order valence-electron chi connectivity index (χ3n) is 3.10. The second-order valence-electron chi connectivity index (χ2n) is 4.89. The maximum absolute atomic E-state index is 12.4. The smallest absolute Gasteiger partial charge is 0.387 e. The highest BCUT2D eigenvalue weighted by atomic mass is 32.1. The third-order valence-corrected chi connectivity index (χ3v) is 4.14. The van der Waals surface area contributed by atoms with Crippen LogP contribution in [-0.2, 0) is 0 Å². The van der Waals surface area contributed by atoms with Crippen LogP contribution in [0.4, 0.5) is 14.5 Å². The molecule has 1 aromatic carbocycles. The molecule has 0 unspecified atom stereocenters. The molecule has 24 heavy (non-hydrogen) atoms. The van der Waals surface area contributed by atoms with Gasteiger partial charge in [0.1, 0.15) is 10.6 Å². The highest BCUT2D eigenvalue weighted by molar-refractivity contribution is 7.14. The molecule has 2 aromatic heterocycles. The number of para-hydroxylation sites is 1. The molecule has 3 aromatic rings. The van der Waals surface area contributed by atoms with Crippen LogP contribution in [0.3, 0.4) is 0 Å². The van der Waals surface area contributed by atoms with E-state index in [9.17, 15) is 13.6 Å². The molecule has 8 heteroatoms. The van der Waals surface area contributed by atoms with Gasteiger partial charge in [0.25, 0.3) is 5.91 Å². The molecule has 3 rings (SSSR count). The van der Waals surface area contributed by atoms with Crippen LogP contribution in [0.2, 0.25) is 0 Å². The molecular weight excluding hydrogens is 336 g/mol. The molecule has 0 spiro atoms. The van der Waals surface area contributed by atoms with E-state index < -0.39 is 12.5 Å². The van der Waals surface area contributed by atoms with Crippen LogP contribution >= 0.6 is 11.3 Å². The summed E-state index contributed by atoms with van der Waals surface area (Å²) in [6.45, 7) is -1.26. The van der Waals surface area contributed by atoms with Gasteiger partial charge in [-0.1, -0.05) is 18.2 Å². The first-order chi connectivity index (χ1) is 11.5. The van der Waals surface area contributed by atoms with Crippen molar-refractivity contribution in [2.45, 2.75) is 13.5 Å². The van der Waals surface area contributed by atoms with Gasteiger partial charge in [0, 0.05) is 4.88 Å². The topological polar surface area (TPSA) is 56.1 Å². The number of nitrogens with one attached hydrogen (secondary N) is 1. The molecule has 0 bridgehead atoms. The Kier molecular flexibility index (Phi) is 4.57. The van der Waals surface area contributed by atoms with Gasteiger partial charge in [0.05, 0.1) is 23.8 Å². The molecule has 0 saturated carbocycles. The number of benzene rings is 1. The van der Waals surface area contributed by atoms with E-state index in [1.165, 1.54) is 12.3 Å². The van der Waals surface area contributed by atoms with Crippen molar-refractivity contribution in [3.63, 3.8) is 0 Å². The van der Waals surface area contributed by atoms with E-state index in [2.05, 4.69) is 15.2 Å². The first-order valence-corrected chi connectivity index (χ1v) is 7.81. The second-order valence-corrected chi connectivity index (χ2v) is 6.15. The van der Waals surface area contributed by atoms with Crippen LogP contribution in [0.25, 0.3) is 5.69 Å². The molecule has 0 fully saturated rings. The summed E-state index contributed by atoms with van der Waals surface area (Å²) in [5, 5.41) is 6.80. The van der Waals surface area contributed by atoms with Gasteiger partial charge < -0.3 is 10.1 Å². The fourth-order valence-corrected chi connectivity index (χ4v) is 2.97. The lowest BCUT2D eigenvalue weighted by Crippen LogP contribution is -2.12. The van der Waals surface area contributed by atoms with E-state index in [1.807, 2.05) is 30.3 Å². The van der Waals surface area contributed by atoms with Gasteiger partial charge in [0.2, 0.25) is 0 Å². The molecule has 0 aliphatic heterocycles. The first-order valence-electron chi connectivity index (χ1n) is 6.99. The zero-order valence-electron chi connectivity index (χ0n) is 12.6. The minimum absolute atomic E-state index is 0.0975. The Bertz CT molecular complexity index is 846. The van der Waals surface area contributed by atoms with Crippen LogP contribution in [0.5, 0.6) is 5.75 Å². The highest BCUT2D eigenvalue weighted by Gasteiger charge is 2.19. The average Bonchev–Trinajstić information content (AvgIpc) is 3.14. The third kappa shape index (κ3) is 3.60. The fourth-order valence-electron chi connectivity index (χ4n) is 2.13. The van der Waals surface area contributed by atoms with Crippen molar-refractivity contribution in [3.8, 4) is 11.4 Å². The minimum atomic E-state index is -2.98. The average molecular weight is 349 g/mol. The first kappa shape index (κ1) is 16.1. The Morgan fingerprint density at radius 3 is 2.79 bits per heavy atom. The summed E-state index contributed by atoms with van der Waals surface area (Å²) >= 11 is 1.09. The summed E-state index contributed by atoms with van der Waals surface area (Å²) in [5.41, 5.74) is 1.30. The molecule has 1 amide bonds. The number of thiophene rings is 1. The lowest BCUT2D eigenvalue weighted by atomic mass is 10.3. The number of alkyl halides is 2. The van der Waals surface area contributed by atoms with Gasteiger partial charge >= 0.3 is 6.61 Å². The van der Waals surface area contributed by atoms with E-state index in [1.54, 1.807) is 17.8 Å². The van der Waals surface area contributed by atoms with Crippen molar-refractivity contribution < 1.29 is 18.3 Å². The van der Waals surface area contributed by atoms with Crippen molar-refractivity contribution in [1.29, 1.82) is 0 Å². The number of hydrogen-bond donors (Lipinski definition) is 1. The van der Waals surface area contributed by atoms with Crippen molar-refractivity contribution in [1.82, 2.24) is 9.78 Å². The lowest BCUT2D eigenvalue weighted by Gasteiger charge is -2.05. The summed E-state index contributed by atoms with van der Waals surface area (Å²) in [6, 6.07) is 10.8. The van der Waals surface area contributed by atoms with Crippen molar-refractivity contribution >= 4 is 22.9 Å². The SMILES string of the molecule is Cc1cc(OC(F)F)c(C(=O)Nc2cnn(-c3ccccc3)c2)s1. The van der Waals surface area contributed by atoms with Crippen molar-refractivity contribution in [3.05, 3.63) is 58.5 Å². The summed E-state index contributed by atoms with van der Waals surface area (Å²) in [7, 11) is 0. The van der Waals surface area contributed by atoms with E-state index in [0.29, 0.717) is 10.6 Å². The Morgan fingerprint density at radius 1 is 1.33 bits per heavy atom. The molecular formula is C16H13F2N3O2S. The van der Waals surface area contributed by atoms with Gasteiger partial charge in [-0.15, -0.1) is 11.3 Å². The Balaban J connectivity index is 1.77. The number of nitrogens with zero attached hydrogens (tertiary/aromatic N) is 2. The maximum atomic E-state index is 12.4. The number of aromatic nitrogens is 2. The molecule has 124 valence electrons. The zero-order valence-corrected chi connectivity index (χ0v) is 13.4. The molecule has 2 heterocycles. The summed E-state index contributed by atoms with van der Waals surface area (Å²) < 4.78 is 30.9. The molecule has 0 saturated heterocycles. The fraction of sp³-hybridized carbons (Fsp3) is 0.125. The summed E-state index contributed by atoms with van der Waals surface area (Å²) in [4.78, 5) is 13.1. The Morgan fingerprint density at radius 2 is 2.08 bits per heavy atom. The maximum Gasteiger partial charge on any atom is 0.387 e. The van der Waals surface area contributed by atoms with Gasteiger partial charge in [-0.05, 0) is 25.1 Å². The molecule has 0 aliphatic carbocycles. The Labute approximate surface area is 140 Å². The molecule has 5 nitrogen and oxygen atoms in total. The van der Waals surface area contributed by atoms with Crippen LogP contribution in [0.1, 0.15) is 14.5 Å². The largest absolute Gasteiger partial charge is 0.433 e. The minimum Gasteiger partial charge on any atom is -0.433 e. The van der Waals surface area contributed by atoms with Gasteiger partial charge in [0.15, 0.2) is 0 Å². The standard InChI is InChI=1S/C16H13F2N3O2S/c1-10-7-13(23-16(17)18)14(24-10)15(22)20-11-8-19-21(9-11)12-5-3-2-4-6-12/h2-9,16H,1H3,(H,20,22). The van der Waals surface area contributed by atoms with Gasteiger partial charge in [-0.25, -0.2) is 4.68 Å². The van der Waals surface area contributed by atoms with E-state index >= 15 is 0 Å². The number of carbonyl (C=O) groups excluding carboxylic acids is 1. The number of ether oxygens (including phenoxy) is 1. The summed E-state index contributed by atoms with van der Waals surface area (Å²) in [5.74, 6) is -0.642. The van der Waals surface area contributed by atoms with Crippen LogP contribution in [0, 0.1) is 6.92 Å². The predicted molar refractivity (Wildman–Crippen MR) is 87.2 cm³/mol. The number of carbonyl (C=O) groups is 1. The number of hydrogen-bond acceptors (Lipinski definition) is 4. The number of aryl methyl sites for hydroxylation is 1. The van der Waals surface area contributed by atoms with Gasteiger partial charge in [-0.3, -0.25) is 4.79 Å². The lowest BCUT2D eigenvalue weighted by molar-refractivity contribution is -0.0498. The molecule has 0 radical (unpaired) electrons. The number of amides is 1. The predicted octanol–water partition coefficient (Wildman–Crippen LogP) is 4.10. The molecule has 1 N–H and O–H groups in total. The molecule has 0 atom stereocenters. The van der Waals surface area contributed by atoms with Gasteiger partial charge in [-0.2, -0.15) is 13.9 Å².